The van der Waals surface area contributed by atoms with Gasteiger partial charge in [-0.15, -0.1) is 0 Å². The molecule has 11 rings (SSSR count). The third kappa shape index (κ3) is 3.98. The maximum atomic E-state index is 2.50. The zero-order valence-electron chi connectivity index (χ0n) is 27.8. The Morgan fingerprint density at radius 1 is 0.235 bits per heavy atom. The van der Waals surface area contributed by atoms with Gasteiger partial charge in [-0.1, -0.05) is 170 Å². The second-order valence-electron chi connectivity index (χ2n) is 13.6. The van der Waals surface area contributed by atoms with Crippen LogP contribution >= 0.6 is 0 Å². The van der Waals surface area contributed by atoms with Crippen molar-refractivity contribution >= 4 is 38.6 Å². The summed E-state index contributed by atoms with van der Waals surface area (Å²) in [6.07, 6.45) is 0. The van der Waals surface area contributed by atoms with Gasteiger partial charge in [0.1, 0.15) is 0 Å². The SMILES string of the molecule is c1ccc(-c2c3c(c(-c4ccccc4)c4ccccc24)-c2ccc(N4c5ccccc5-c5ccccc5-c5ccccc54)c4cccc-3c24)cc1. The van der Waals surface area contributed by atoms with Crippen molar-refractivity contribution < 1.29 is 0 Å². The summed E-state index contributed by atoms with van der Waals surface area (Å²) in [7, 11) is 0. The summed E-state index contributed by atoms with van der Waals surface area (Å²) in [5, 5.41) is 5.11. The standard InChI is InChI=1S/C50H31N/c1-3-16-32(17-4-1)46-38-24-9-10-25-39(38)47(33-18-5-2-6-19-33)50-42-30-31-45(40-26-15-27-41(48(40)42)49(46)50)51-43-28-13-11-22-36(43)34-20-7-8-21-35(34)37-23-12-14-29-44(37)51/h1-31H. The van der Waals surface area contributed by atoms with Crippen LogP contribution in [0.4, 0.5) is 17.1 Å². The van der Waals surface area contributed by atoms with E-state index in [2.05, 4.69) is 193 Å². The second-order valence-corrected chi connectivity index (χ2v) is 13.6. The van der Waals surface area contributed by atoms with E-state index in [0.717, 1.165) is 0 Å². The highest BCUT2D eigenvalue weighted by Crippen LogP contribution is 2.60. The summed E-state index contributed by atoms with van der Waals surface area (Å²) >= 11 is 0. The molecule has 0 saturated carbocycles. The lowest BCUT2D eigenvalue weighted by atomic mass is 9.82. The molecule has 0 radical (unpaired) electrons. The average molecular weight is 646 g/mol. The van der Waals surface area contributed by atoms with Gasteiger partial charge >= 0.3 is 0 Å². The molecule has 236 valence electrons. The maximum absolute atomic E-state index is 2.50. The maximum Gasteiger partial charge on any atom is 0.0541 e. The molecule has 0 amide bonds. The van der Waals surface area contributed by atoms with Crippen molar-refractivity contribution in [1.29, 1.82) is 0 Å². The molecule has 9 aromatic rings. The Kier molecular flexibility index (Phi) is 6.02. The topological polar surface area (TPSA) is 3.24 Å². The van der Waals surface area contributed by atoms with Gasteiger partial charge in [0, 0.05) is 16.5 Å². The summed E-state index contributed by atoms with van der Waals surface area (Å²) in [5.74, 6) is 0. The van der Waals surface area contributed by atoms with Crippen molar-refractivity contribution in [3.05, 3.63) is 188 Å². The number of anilines is 3. The van der Waals surface area contributed by atoms with Crippen LogP contribution in [0.1, 0.15) is 0 Å². The molecule has 51 heavy (non-hydrogen) atoms. The van der Waals surface area contributed by atoms with E-state index in [9.17, 15) is 0 Å². The normalized spacial score (nSPS) is 12.3. The fourth-order valence-electron chi connectivity index (χ4n) is 8.92. The van der Waals surface area contributed by atoms with Crippen molar-refractivity contribution in [3.8, 4) is 66.8 Å². The van der Waals surface area contributed by atoms with E-state index in [1.54, 1.807) is 0 Å². The highest BCUT2D eigenvalue weighted by atomic mass is 15.2. The van der Waals surface area contributed by atoms with Crippen LogP contribution < -0.4 is 4.90 Å². The third-order valence-electron chi connectivity index (χ3n) is 10.9. The summed E-state index contributed by atoms with van der Waals surface area (Å²) in [6, 6.07) is 69.2. The van der Waals surface area contributed by atoms with Crippen molar-refractivity contribution in [1.82, 2.24) is 0 Å². The van der Waals surface area contributed by atoms with Crippen LogP contribution in [0, 0.1) is 0 Å². The first-order valence-corrected chi connectivity index (χ1v) is 17.7. The van der Waals surface area contributed by atoms with Crippen LogP contribution in [-0.4, -0.2) is 0 Å². The minimum absolute atomic E-state index is 1.18. The van der Waals surface area contributed by atoms with Crippen LogP contribution in [0.25, 0.3) is 88.3 Å². The zero-order valence-corrected chi connectivity index (χ0v) is 27.8. The Hall–Kier alpha value is -6.70. The first-order valence-electron chi connectivity index (χ1n) is 17.7. The van der Waals surface area contributed by atoms with E-state index in [4.69, 9.17) is 0 Å². The highest BCUT2D eigenvalue weighted by molar-refractivity contribution is 6.29. The first-order chi connectivity index (χ1) is 25.4. The Balaban J connectivity index is 1.27. The summed E-state index contributed by atoms with van der Waals surface area (Å²) in [4.78, 5) is 2.50. The molecule has 1 nitrogen and oxygen atoms in total. The van der Waals surface area contributed by atoms with Crippen molar-refractivity contribution in [2.75, 3.05) is 4.90 Å². The number of nitrogens with zero attached hydrogens (tertiary/aromatic N) is 1. The second kappa shape index (κ2) is 10.9. The molecule has 1 aliphatic heterocycles. The number of para-hydroxylation sites is 2. The molecule has 0 unspecified atom stereocenters. The van der Waals surface area contributed by atoms with Gasteiger partial charge in [0.25, 0.3) is 0 Å². The van der Waals surface area contributed by atoms with E-state index in [1.807, 2.05) is 0 Å². The summed E-state index contributed by atoms with van der Waals surface area (Å²) in [5.41, 5.74) is 18.8. The summed E-state index contributed by atoms with van der Waals surface area (Å²) in [6.45, 7) is 0. The zero-order chi connectivity index (χ0) is 33.5. The molecule has 0 spiro atoms. The van der Waals surface area contributed by atoms with E-state index in [1.165, 1.54) is 105 Å². The van der Waals surface area contributed by atoms with E-state index < -0.39 is 0 Å². The quantitative estimate of drug-likeness (QED) is 0.185. The lowest BCUT2D eigenvalue weighted by Gasteiger charge is -2.28. The molecule has 0 saturated heterocycles. The smallest absolute Gasteiger partial charge is 0.0541 e. The van der Waals surface area contributed by atoms with Crippen LogP contribution in [-0.2, 0) is 0 Å². The fraction of sp³-hybridized carbons (Fsp3) is 0. The largest absolute Gasteiger partial charge is 0.309 e. The van der Waals surface area contributed by atoms with Gasteiger partial charge < -0.3 is 4.90 Å². The molecule has 2 aliphatic rings. The molecule has 0 N–H and O–H groups in total. The van der Waals surface area contributed by atoms with Crippen LogP contribution in [0.2, 0.25) is 0 Å². The molecule has 1 heterocycles. The minimum Gasteiger partial charge on any atom is -0.309 e. The number of fused-ring (bicyclic) bond motifs is 9. The van der Waals surface area contributed by atoms with Crippen molar-refractivity contribution in [2.45, 2.75) is 0 Å². The number of rotatable bonds is 3. The fourth-order valence-corrected chi connectivity index (χ4v) is 8.92. The third-order valence-corrected chi connectivity index (χ3v) is 10.9. The van der Waals surface area contributed by atoms with Crippen LogP contribution in [0.3, 0.4) is 0 Å². The van der Waals surface area contributed by atoms with Gasteiger partial charge in [-0.2, -0.15) is 0 Å². The summed E-state index contributed by atoms with van der Waals surface area (Å²) < 4.78 is 0. The predicted octanol–water partition coefficient (Wildman–Crippen LogP) is 14.1. The Labute approximate surface area is 297 Å². The number of benzene rings is 9. The monoisotopic (exact) mass is 645 g/mol. The molecule has 0 bridgehead atoms. The predicted molar refractivity (Wildman–Crippen MR) is 216 cm³/mol. The molecular formula is C50H31N. The Bertz CT molecular complexity index is 2690. The number of hydrogen-bond donors (Lipinski definition) is 0. The van der Waals surface area contributed by atoms with Crippen molar-refractivity contribution in [3.63, 3.8) is 0 Å². The highest BCUT2D eigenvalue weighted by Gasteiger charge is 2.33. The van der Waals surface area contributed by atoms with Crippen molar-refractivity contribution in [2.24, 2.45) is 0 Å². The van der Waals surface area contributed by atoms with Gasteiger partial charge in [0.05, 0.1) is 17.1 Å². The molecule has 1 aliphatic carbocycles. The molecule has 0 atom stereocenters. The molecule has 0 fully saturated rings. The van der Waals surface area contributed by atoms with Crippen LogP contribution in [0.5, 0.6) is 0 Å². The van der Waals surface area contributed by atoms with Gasteiger partial charge in [0.15, 0.2) is 0 Å². The van der Waals surface area contributed by atoms with E-state index in [-0.39, 0.29) is 0 Å². The lowest BCUT2D eigenvalue weighted by molar-refractivity contribution is 1.31. The molecule has 9 aromatic carbocycles. The van der Waals surface area contributed by atoms with E-state index >= 15 is 0 Å². The number of hydrogen-bond acceptors (Lipinski definition) is 1. The Morgan fingerprint density at radius 2 is 0.647 bits per heavy atom. The van der Waals surface area contributed by atoms with E-state index in [0.29, 0.717) is 0 Å². The molecule has 1 heteroatoms. The lowest BCUT2D eigenvalue weighted by Crippen LogP contribution is -2.11. The Morgan fingerprint density at radius 3 is 1.20 bits per heavy atom. The van der Waals surface area contributed by atoms with Gasteiger partial charge in [-0.25, -0.2) is 0 Å². The van der Waals surface area contributed by atoms with Gasteiger partial charge in [-0.3, -0.25) is 0 Å². The minimum atomic E-state index is 1.18. The van der Waals surface area contributed by atoms with Crippen LogP contribution in [0.15, 0.2) is 188 Å². The van der Waals surface area contributed by atoms with Gasteiger partial charge in [0.2, 0.25) is 0 Å². The molecular weight excluding hydrogens is 615 g/mol. The molecule has 0 aromatic heterocycles. The average Bonchev–Trinajstić information content (AvgIpc) is 3.47. The van der Waals surface area contributed by atoms with Gasteiger partial charge in [-0.05, 0) is 90.0 Å². The first kappa shape index (κ1) is 28.2.